The summed E-state index contributed by atoms with van der Waals surface area (Å²) in [6, 6.07) is 0. The lowest BCUT2D eigenvalue weighted by atomic mass is 9.83. The SMILES string of the molecule is CC(CCC1OC(C)(C)N(C(=O)O)C1(C)C)C1OC(C)(C)N(C(=O)O)C1(C)C. The minimum Gasteiger partial charge on any atom is -0.465 e. The number of ether oxygens (including phenoxy) is 2. The van der Waals surface area contributed by atoms with Gasteiger partial charge < -0.3 is 19.7 Å². The molecule has 28 heavy (non-hydrogen) atoms. The molecular weight excluding hydrogens is 364 g/mol. The highest BCUT2D eigenvalue weighted by Gasteiger charge is 2.58. The van der Waals surface area contributed by atoms with Crippen LogP contribution in [0.5, 0.6) is 0 Å². The van der Waals surface area contributed by atoms with Gasteiger partial charge in [-0.25, -0.2) is 9.59 Å². The molecule has 2 saturated heterocycles. The van der Waals surface area contributed by atoms with Gasteiger partial charge in [-0.1, -0.05) is 6.92 Å². The molecule has 2 N–H and O–H groups in total. The molecule has 2 fully saturated rings. The second-order valence-corrected chi connectivity index (χ2v) is 10.1. The minimum atomic E-state index is -0.996. The van der Waals surface area contributed by atoms with Crippen molar-refractivity contribution in [2.45, 2.75) is 110 Å². The van der Waals surface area contributed by atoms with E-state index in [-0.39, 0.29) is 18.1 Å². The molecule has 8 nitrogen and oxygen atoms in total. The summed E-state index contributed by atoms with van der Waals surface area (Å²) >= 11 is 0. The first-order chi connectivity index (χ1) is 12.5. The predicted octanol–water partition coefficient (Wildman–Crippen LogP) is 4.19. The molecule has 0 aliphatic carbocycles. The van der Waals surface area contributed by atoms with Crippen molar-refractivity contribution in [2.24, 2.45) is 5.92 Å². The van der Waals surface area contributed by atoms with E-state index in [1.54, 1.807) is 27.7 Å². The van der Waals surface area contributed by atoms with Gasteiger partial charge in [-0.3, -0.25) is 9.80 Å². The van der Waals surface area contributed by atoms with E-state index in [4.69, 9.17) is 9.47 Å². The molecule has 0 aromatic rings. The third-order valence-electron chi connectivity index (χ3n) is 6.34. The monoisotopic (exact) mass is 400 g/mol. The second-order valence-electron chi connectivity index (χ2n) is 10.1. The van der Waals surface area contributed by atoms with Crippen LogP contribution in [0.1, 0.15) is 75.2 Å². The van der Waals surface area contributed by atoms with Crippen molar-refractivity contribution in [3.63, 3.8) is 0 Å². The highest BCUT2D eigenvalue weighted by molar-refractivity contribution is 5.68. The van der Waals surface area contributed by atoms with Gasteiger partial charge in [0.2, 0.25) is 0 Å². The maximum absolute atomic E-state index is 11.8. The maximum Gasteiger partial charge on any atom is 0.410 e. The number of amides is 2. The van der Waals surface area contributed by atoms with Gasteiger partial charge in [-0.15, -0.1) is 0 Å². The average molecular weight is 401 g/mol. The zero-order chi connectivity index (χ0) is 21.9. The third-order valence-corrected chi connectivity index (χ3v) is 6.34. The van der Waals surface area contributed by atoms with Crippen molar-refractivity contribution in [1.29, 1.82) is 0 Å². The molecule has 2 amide bonds. The summed E-state index contributed by atoms with van der Waals surface area (Å²) in [4.78, 5) is 26.3. The van der Waals surface area contributed by atoms with Crippen molar-refractivity contribution in [3.8, 4) is 0 Å². The lowest BCUT2D eigenvalue weighted by Crippen LogP contribution is -2.54. The number of nitrogens with zero attached hydrogens (tertiary/aromatic N) is 2. The molecule has 162 valence electrons. The highest BCUT2D eigenvalue weighted by Crippen LogP contribution is 2.45. The first kappa shape index (κ1) is 22.7. The predicted molar refractivity (Wildman–Crippen MR) is 104 cm³/mol. The van der Waals surface area contributed by atoms with Crippen LogP contribution in [0.25, 0.3) is 0 Å². The molecule has 8 heteroatoms. The Bertz CT molecular complexity index is 643. The lowest BCUT2D eigenvalue weighted by Gasteiger charge is -2.38. The van der Waals surface area contributed by atoms with Crippen molar-refractivity contribution < 1.29 is 29.3 Å². The van der Waals surface area contributed by atoms with Crippen LogP contribution >= 0.6 is 0 Å². The third kappa shape index (κ3) is 3.56. The van der Waals surface area contributed by atoms with Gasteiger partial charge in [0.1, 0.15) is 11.4 Å². The largest absolute Gasteiger partial charge is 0.465 e. The number of carboxylic acid groups (broad SMARTS) is 2. The van der Waals surface area contributed by atoms with Crippen molar-refractivity contribution >= 4 is 12.2 Å². The fraction of sp³-hybridized carbons (Fsp3) is 0.900. The molecule has 0 aromatic heterocycles. The Kier molecular flexibility index (Phi) is 5.49. The summed E-state index contributed by atoms with van der Waals surface area (Å²) in [5.74, 6) is 0.0695. The van der Waals surface area contributed by atoms with Gasteiger partial charge in [0.25, 0.3) is 0 Å². The molecule has 0 aromatic carbocycles. The molecule has 2 aliphatic rings. The van der Waals surface area contributed by atoms with E-state index in [0.717, 1.165) is 6.42 Å². The van der Waals surface area contributed by atoms with E-state index in [2.05, 4.69) is 6.92 Å². The summed E-state index contributed by atoms with van der Waals surface area (Å²) in [7, 11) is 0. The Morgan fingerprint density at radius 2 is 1.29 bits per heavy atom. The molecule has 2 heterocycles. The molecule has 0 spiro atoms. The van der Waals surface area contributed by atoms with Crippen LogP contribution in [0.4, 0.5) is 9.59 Å². The Morgan fingerprint density at radius 1 is 0.857 bits per heavy atom. The first-order valence-electron chi connectivity index (χ1n) is 9.88. The minimum absolute atomic E-state index is 0.0695. The van der Waals surface area contributed by atoms with Crippen LogP contribution in [-0.2, 0) is 9.47 Å². The summed E-state index contributed by atoms with van der Waals surface area (Å²) in [6.45, 7) is 16.7. The number of carbonyl (C=O) groups is 2. The number of rotatable bonds is 4. The molecule has 0 bridgehead atoms. The van der Waals surface area contributed by atoms with Gasteiger partial charge >= 0.3 is 12.2 Å². The fourth-order valence-electron chi connectivity index (χ4n) is 5.46. The molecule has 0 radical (unpaired) electrons. The van der Waals surface area contributed by atoms with Crippen LogP contribution < -0.4 is 0 Å². The van der Waals surface area contributed by atoms with Gasteiger partial charge in [-0.2, -0.15) is 0 Å². The zero-order valence-corrected chi connectivity index (χ0v) is 18.6. The molecular formula is C20H36N2O6. The lowest BCUT2D eigenvalue weighted by molar-refractivity contribution is -0.0837. The van der Waals surface area contributed by atoms with Gasteiger partial charge in [0.05, 0.1) is 23.3 Å². The molecule has 3 atom stereocenters. The van der Waals surface area contributed by atoms with E-state index in [1.807, 2.05) is 27.7 Å². The van der Waals surface area contributed by atoms with Crippen LogP contribution in [0.15, 0.2) is 0 Å². The maximum atomic E-state index is 11.8. The quantitative estimate of drug-likeness (QED) is 0.734. The van der Waals surface area contributed by atoms with Gasteiger partial charge in [-0.05, 0) is 74.1 Å². The molecule has 0 saturated carbocycles. The van der Waals surface area contributed by atoms with Crippen molar-refractivity contribution in [3.05, 3.63) is 0 Å². The standard InChI is InChI=1S/C20H36N2O6/c1-12(14-18(4,5)22(16(25)26)20(8,9)28-14)10-11-13-17(2,3)21(15(23)24)19(6,7)27-13/h12-14H,10-11H2,1-9H3,(H,23,24)(H,25,26). The molecule has 2 aliphatic heterocycles. The van der Waals surface area contributed by atoms with Crippen molar-refractivity contribution in [2.75, 3.05) is 0 Å². The van der Waals surface area contributed by atoms with Crippen LogP contribution in [0.3, 0.4) is 0 Å². The van der Waals surface area contributed by atoms with Gasteiger partial charge in [0.15, 0.2) is 0 Å². The Labute approximate surface area is 167 Å². The normalized spacial score (nSPS) is 31.0. The first-order valence-corrected chi connectivity index (χ1v) is 9.88. The van der Waals surface area contributed by atoms with E-state index in [0.29, 0.717) is 6.42 Å². The number of hydrogen-bond acceptors (Lipinski definition) is 4. The summed E-state index contributed by atoms with van der Waals surface area (Å²) in [5, 5.41) is 19.3. The Morgan fingerprint density at radius 3 is 1.68 bits per heavy atom. The van der Waals surface area contributed by atoms with E-state index >= 15 is 0 Å². The van der Waals surface area contributed by atoms with Gasteiger partial charge in [0, 0.05) is 0 Å². The smallest absolute Gasteiger partial charge is 0.410 e. The van der Waals surface area contributed by atoms with E-state index < -0.39 is 34.7 Å². The molecule has 2 rings (SSSR count). The van der Waals surface area contributed by atoms with Crippen LogP contribution in [0, 0.1) is 5.92 Å². The van der Waals surface area contributed by atoms with Crippen LogP contribution in [-0.4, -0.2) is 66.9 Å². The summed E-state index contributed by atoms with van der Waals surface area (Å²) in [6.07, 6.45) is -1.13. The highest BCUT2D eigenvalue weighted by atomic mass is 16.6. The van der Waals surface area contributed by atoms with Crippen LogP contribution in [0.2, 0.25) is 0 Å². The zero-order valence-electron chi connectivity index (χ0n) is 18.6. The Hall–Kier alpha value is -1.54. The summed E-state index contributed by atoms with van der Waals surface area (Å²) < 4.78 is 12.3. The van der Waals surface area contributed by atoms with Crippen molar-refractivity contribution in [1.82, 2.24) is 9.80 Å². The molecule has 3 unspecified atom stereocenters. The topological polar surface area (TPSA) is 99.5 Å². The fourth-order valence-corrected chi connectivity index (χ4v) is 5.46. The summed E-state index contributed by atoms with van der Waals surface area (Å²) in [5.41, 5.74) is -3.13. The number of hydrogen-bond donors (Lipinski definition) is 2. The Balaban J connectivity index is 2.13. The van der Waals surface area contributed by atoms with E-state index in [1.165, 1.54) is 9.80 Å². The van der Waals surface area contributed by atoms with E-state index in [9.17, 15) is 19.8 Å². The second kappa shape index (κ2) is 6.76. The average Bonchev–Trinajstić information content (AvgIpc) is 2.77.